The summed E-state index contributed by atoms with van der Waals surface area (Å²) in [5, 5.41) is 0. The second kappa shape index (κ2) is 8.78. The predicted octanol–water partition coefficient (Wildman–Crippen LogP) is 1.85. The summed E-state index contributed by atoms with van der Waals surface area (Å²) < 4.78 is 0. The fourth-order valence-electron chi connectivity index (χ4n) is 2.87. The Hall–Kier alpha value is -1.95. The lowest BCUT2D eigenvalue weighted by Gasteiger charge is -2.36. The molecule has 0 spiro atoms. The van der Waals surface area contributed by atoms with Gasteiger partial charge in [0.05, 0.1) is 0 Å². The molecule has 0 saturated carbocycles. The lowest BCUT2D eigenvalue weighted by molar-refractivity contribution is -0.134. The van der Waals surface area contributed by atoms with Gasteiger partial charge in [0.25, 0.3) is 0 Å². The molecule has 5 nitrogen and oxygen atoms in total. The van der Waals surface area contributed by atoms with Crippen molar-refractivity contribution in [2.75, 3.05) is 26.2 Å². The lowest BCUT2D eigenvalue weighted by atomic mass is 10.1. The van der Waals surface area contributed by atoms with Crippen molar-refractivity contribution in [2.45, 2.75) is 12.6 Å². The van der Waals surface area contributed by atoms with E-state index in [0.29, 0.717) is 0 Å². The van der Waals surface area contributed by atoms with Gasteiger partial charge in [0.2, 0.25) is 5.91 Å². The summed E-state index contributed by atoms with van der Waals surface area (Å²) in [4.78, 5) is 20.8. The number of hydrogen-bond acceptors (Lipinski definition) is 4. The Labute approximate surface area is 148 Å². The first-order valence-electron chi connectivity index (χ1n) is 7.94. The Balaban J connectivity index is 0.00000208. The number of aromatic nitrogens is 1. The molecule has 24 heavy (non-hydrogen) atoms. The Morgan fingerprint density at radius 1 is 1.04 bits per heavy atom. The largest absolute Gasteiger partial charge is 0.338 e. The summed E-state index contributed by atoms with van der Waals surface area (Å²) in [5.74, 6) is 0.0137. The molecular formula is C18H23ClN4O. The van der Waals surface area contributed by atoms with Crippen molar-refractivity contribution in [3.63, 3.8) is 0 Å². The monoisotopic (exact) mass is 346 g/mol. The van der Waals surface area contributed by atoms with Crippen molar-refractivity contribution >= 4 is 18.3 Å². The highest BCUT2D eigenvalue weighted by molar-refractivity contribution is 5.85. The van der Waals surface area contributed by atoms with E-state index in [1.165, 1.54) is 5.56 Å². The molecule has 1 amide bonds. The van der Waals surface area contributed by atoms with Crippen LogP contribution in [0.4, 0.5) is 0 Å². The van der Waals surface area contributed by atoms with Crippen molar-refractivity contribution in [3.8, 4) is 0 Å². The number of carbonyl (C=O) groups is 1. The van der Waals surface area contributed by atoms with Gasteiger partial charge in [-0.05, 0) is 23.3 Å². The summed E-state index contributed by atoms with van der Waals surface area (Å²) in [5.41, 5.74) is 8.24. The van der Waals surface area contributed by atoms with Crippen LogP contribution in [0.2, 0.25) is 0 Å². The molecule has 1 saturated heterocycles. The molecule has 1 unspecified atom stereocenters. The molecule has 1 fully saturated rings. The third-order valence-corrected chi connectivity index (χ3v) is 4.26. The number of hydrogen-bond donors (Lipinski definition) is 1. The molecule has 128 valence electrons. The maximum absolute atomic E-state index is 12.5. The number of halogens is 1. The topological polar surface area (TPSA) is 62.5 Å². The summed E-state index contributed by atoms with van der Waals surface area (Å²) in [6.07, 6.45) is 3.63. The average Bonchev–Trinajstić information content (AvgIpc) is 2.63. The zero-order valence-corrected chi connectivity index (χ0v) is 14.4. The number of nitrogens with zero attached hydrogens (tertiary/aromatic N) is 3. The smallest absolute Gasteiger partial charge is 0.244 e. The van der Waals surface area contributed by atoms with Gasteiger partial charge in [-0.25, -0.2) is 0 Å². The molecule has 6 heteroatoms. The van der Waals surface area contributed by atoms with E-state index in [2.05, 4.69) is 9.88 Å². The standard InChI is InChI=1S/C18H22N4O.ClH/c19-17(16-4-2-1-3-5-16)18(23)22-12-10-21(11-13-22)14-15-6-8-20-9-7-15;/h1-9,17H,10-14,19H2;1H. The van der Waals surface area contributed by atoms with E-state index in [-0.39, 0.29) is 18.3 Å². The number of pyridine rings is 1. The molecule has 2 heterocycles. The van der Waals surface area contributed by atoms with Crippen LogP contribution in [0, 0.1) is 0 Å². The molecule has 1 aliphatic heterocycles. The van der Waals surface area contributed by atoms with Crippen LogP contribution in [-0.4, -0.2) is 46.9 Å². The van der Waals surface area contributed by atoms with E-state index in [1.807, 2.05) is 59.8 Å². The molecule has 1 aliphatic rings. The van der Waals surface area contributed by atoms with Gasteiger partial charge in [-0.2, -0.15) is 0 Å². The molecule has 0 aliphatic carbocycles. The second-order valence-corrected chi connectivity index (χ2v) is 5.85. The Morgan fingerprint density at radius 2 is 1.67 bits per heavy atom. The highest BCUT2D eigenvalue weighted by Gasteiger charge is 2.26. The molecule has 2 N–H and O–H groups in total. The molecule has 0 radical (unpaired) electrons. The minimum Gasteiger partial charge on any atom is -0.338 e. The molecule has 3 rings (SSSR count). The third kappa shape index (κ3) is 4.54. The van der Waals surface area contributed by atoms with Gasteiger partial charge in [-0.15, -0.1) is 12.4 Å². The van der Waals surface area contributed by atoms with Crippen LogP contribution in [0.5, 0.6) is 0 Å². The molecule has 1 aromatic heterocycles. The Bertz CT molecular complexity index is 630. The van der Waals surface area contributed by atoms with E-state index >= 15 is 0 Å². The van der Waals surface area contributed by atoms with Crippen LogP contribution < -0.4 is 5.73 Å². The molecule has 0 bridgehead atoms. The van der Waals surface area contributed by atoms with Crippen LogP contribution >= 0.6 is 12.4 Å². The number of piperazine rings is 1. The van der Waals surface area contributed by atoms with Crippen LogP contribution in [0.1, 0.15) is 17.2 Å². The van der Waals surface area contributed by atoms with Gasteiger partial charge in [0.15, 0.2) is 0 Å². The van der Waals surface area contributed by atoms with Gasteiger partial charge in [0.1, 0.15) is 6.04 Å². The summed E-state index contributed by atoms with van der Waals surface area (Å²) in [6, 6.07) is 13.1. The van der Waals surface area contributed by atoms with E-state index in [4.69, 9.17) is 5.73 Å². The number of carbonyl (C=O) groups excluding carboxylic acids is 1. The highest BCUT2D eigenvalue weighted by atomic mass is 35.5. The van der Waals surface area contributed by atoms with E-state index in [9.17, 15) is 4.79 Å². The Kier molecular flexibility index (Phi) is 6.73. The number of benzene rings is 1. The quantitative estimate of drug-likeness (QED) is 0.917. The number of amides is 1. The molecular weight excluding hydrogens is 324 g/mol. The van der Waals surface area contributed by atoms with E-state index < -0.39 is 6.04 Å². The van der Waals surface area contributed by atoms with Gasteiger partial charge in [0, 0.05) is 45.1 Å². The predicted molar refractivity (Wildman–Crippen MR) is 96.7 cm³/mol. The minimum absolute atomic E-state index is 0. The normalized spacial score (nSPS) is 16.3. The first kappa shape index (κ1) is 18.4. The summed E-state index contributed by atoms with van der Waals surface area (Å²) >= 11 is 0. The van der Waals surface area contributed by atoms with Crippen molar-refractivity contribution in [1.82, 2.24) is 14.8 Å². The molecule has 1 atom stereocenters. The highest BCUT2D eigenvalue weighted by Crippen LogP contribution is 2.15. The van der Waals surface area contributed by atoms with E-state index in [0.717, 1.165) is 38.3 Å². The first-order chi connectivity index (χ1) is 11.2. The summed E-state index contributed by atoms with van der Waals surface area (Å²) in [6.45, 7) is 4.09. The van der Waals surface area contributed by atoms with Gasteiger partial charge in [-0.1, -0.05) is 30.3 Å². The van der Waals surface area contributed by atoms with Crippen LogP contribution in [0.25, 0.3) is 0 Å². The van der Waals surface area contributed by atoms with Gasteiger partial charge < -0.3 is 10.6 Å². The fourth-order valence-corrected chi connectivity index (χ4v) is 2.87. The number of rotatable bonds is 4. The Morgan fingerprint density at radius 3 is 2.29 bits per heavy atom. The maximum atomic E-state index is 12.5. The van der Waals surface area contributed by atoms with Crippen molar-refractivity contribution in [1.29, 1.82) is 0 Å². The first-order valence-corrected chi connectivity index (χ1v) is 7.94. The number of nitrogens with two attached hydrogens (primary N) is 1. The average molecular weight is 347 g/mol. The van der Waals surface area contributed by atoms with Crippen LogP contribution in [-0.2, 0) is 11.3 Å². The van der Waals surface area contributed by atoms with Gasteiger partial charge in [-0.3, -0.25) is 14.7 Å². The molecule has 1 aromatic carbocycles. The van der Waals surface area contributed by atoms with Crippen molar-refractivity contribution in [2.24, 2.45) is 5.73 Å². The zero-order valence-electron chi connectivity index (χ0n) is 13.5. The van der Waals surface area contributed by atoms with Crippen LogP contribution in [0.15, 0.2) is 54.9 Å². The minimum atomic E-state index is -0.567. The summed E-state index contributed by atoms with van der Waals surface area (Å²) in [7, 11) is 0. The second-order valence-electron chi connectivity index (χ2n) is 5.85. The maximum Gasteiger partial charge on any atom is 0.244 e. The lowest BCUT2D eigenvalue weighted by Crippen LogP contribution is -2.50. The van der Waals surface area contributed by atoms with Crippen molar-refractivity contribution < 1.29 is 4.79 Å². The van der Waals surface area contributed by atoms with Gasteiger partial charge >= 0.3 is 0 Å². The van der Waals surface area contributed by atoms with Crippen molar-refractivity contribution in [3.05, 3.63) is 66.0 Å². The molecule has 2 aromatic rings. The zero-order chi connectivity index (χ0) is 16.1. The third-order valence-electron chi connectivity index (χ3n) is 4.26. The fraction of sp³-hybridized carbons (Fsp3) is 0.333. The van der Waals surface area contributed by atoms with E-state index in [1.54, 1.807) is 0 Å². The van der Waals surface area contributed by atoms with Crippen LogP contribution in [0.3, 0.4) is 0 Å². The SMILES string of the molecule is Cl.NC(C(=O)N1CCN(Cc2ccncc2)CC1)c1ccccc1.